The first-order valence-corrected chi connectivity index (χ1v) is 3.79. The maximum absolute atomic E-state index is 10.9. The number of fused-ring (bicyclic) bond motifs is 1. The van der Waals surface area contributed by atoms with E-state index in [4.69, 9.17) is 0 Å². The molecule has 6 heteroatoms. The summed E-state index contributed by atoms with van der Waals surface area (Å²) in [6.45, 7) is 0. The Hall–Kier alpha value is -1.85. The Morgan fingerprint density at radius 3 is 2.85 bits per heavy atom. The van der Waals surface area contributed by atoms with Crippen molar-refractivity contribution in [3.63, 3.8) is 0 Å². The number of nitrogens with one attached hydrogen (secondary N) is 2. The molecule has 0 unspecified atom stereocenters. The summed E-state index contributed by atoms with van der Waals surface area (Å²) < 4.78 is 0. The fraction of sp³-hybridized carbons (Fsp3) is 0.286. The van der Waals surface area contributed by atoms with Crippen molar-refractivity contribution in [1.29, 1.82) is 0 Å². The Labute approximate surface area is 73.6 Å². The maximum Gasteiger partial charge on any atom is 0.325 e. The molecule has 2 rings (SSSR count). The second-order valence-corrected chi connectivity index (χ2v) is 2.91. The van der Waals surface area contributed by atoms with Crippen LogP contribution in [0, 0.1) is 0 Å². The standard InChI is InChI=1S/C7H9N5O/c1-12(2)6-8-3-4-5(10-6)11-7(13)9-4/h3H,1-2H3,(H2,8,9,10,11,13). The topological polar surface area (TPSA) is 77.7 Å². The number of imidazole rings is 1. The molecule has 0 aliphatic heterocycles. The summed E-state index contributed by atoms with van der Waals surface area (Å²) in [6, 6.07) is 0. The lowest BCUT2D eigenvalue weighted by Gasteiger charge is -2.07. The van der Waals surface area contributed by atoms with E-state index in [1.165, 1.54) is 0 Å². The molecule has 0 aliphatic carbocycles. The van der Waals surface area contributed by atoms with Gasteiger partial charge in [-0.25, -0.2) is 9.78 Å². The van der Waals surface area contributed by atoms with Crippen LogP contribution in [0.5, 0.6) is 0 Å². The molecule has 0 radical (unpaired) electrons. The van der Waals surface area contributed by atoms with Gasteiger partial charge in [-0.1, -0.05) is 0 Å². The van der Waals surface area contributed by atoms with Crippen molar-refractivity contribution < 1.29 is 0 Å². The van der Waals surface area contributed by atoms with Gasteiger partial charge in [-0.3, -0.25) is 4.98 Å². The minimum Gasteiger partial charge on any atom is -0.347 e. The molecule has 0 fully saturated rings. The average molecular weight is 179 g/mol. The molecule has 0 amide bonds. The van der Waals surface area contributed by atoms with Crippen molar-refractivity contribution in [3.8, 4) is 0 Å². The highest BCUT2D eigenvalue weighted by atomic mass is 16.1. The highest BCUT2D eigenvalue weighted by molar-refractivity contribution is 5.69. The quantitative estimate of drug-likeness (QED) is 0.630. The summed E-state index contributed by atoms with van der Waals surface area (Å²) >= 11 is 0. The van der Waals surface area contributed by atoms with Crippen molar-refractivity contribution >= 4 is 17.1 Å². The van der Waals surface area contributed by atoms with E-state index in [0.717, 1.165) is 0 Å². The second-order valence-electron chi connectivity index (χ2n) is 2.91. The molecule has 13 heavy (non-hydrogen) atoms. The summed E-state index contributed by atoms with van der Waals surface area (Å²) in [7, 11) is 3.68. The summed E-state index contributed by atoms with van der Waals surface area (Å²) in [5.41, 5.74) is 0.888. The molecule has 0 bridgehead atoms. The number of nitrogens with zero attached hydrogens (tertiary/aromatic N) is 3. The third-order valence-corrected chi connectivity index (χ3v) is 1.66. The maximum atomic E-state index is 10.9. The molecule has 0 aromatic carbocycles. The molecule has 2 aromatic heterocycles. The molecule has 0 atom stereocenters. The van der Waals surface area contributed by atoms with E-state index in [2.05, 4.69) is 19.9 Å². The first-order valence-electron chi connectivity index (χ1n) is 3.79. The smallest absolute Gasteiger partial charge is 0.325 e. The molecular formula is C7H9N5O. The predicted octanol–water partition coefficient (Wildman–Crippen LogP) is -0.288. The van der Waals surface area contributed by atoms with Crippen LogP contribution in [-0.4, -0.2) is 34.0 Å². The molecule has 2 aromatic rings. The summed E-state index contributed by atoms with van der Waals surface area (Å²) in [5.74, 6) is 0.572. The van der Waals surface area contributed by atoms with Gasteiger partial charge < -0.3 is 9.88 Å². The number of H-pyrrole nitrogens is 2. The summed E-state index contributed by atoms with van der Waals surface area (Å²) in [6.07, 6.45) is 1.58. The molecule has 0 saturated carbocycles. The number of aromatic nitrogens is 4. The third-order valence-electron chi connectivity index (χ3n) is 1.66. The van der Waals surface area contributed by atoms with Gasteiger partial charge in [-0.2, -0.15) is 4.98 Å². The summed E-state index contributed by atoms with van der Waals surface area (Å²) in [5, 5.41) is 0. The van der Waals surface area contributed by atoms with E-state index in [0.29, 0.717) is 17.1 Å². The van der Waals surface area contributed by atoms with E-state index in [1.807, 2.05) is 14.1 Å². The lowest BCUT2D eigenvalue weighted by atomic mass is 10.5. The average Bonchev–Trinajstić information content (AvgIpc) is 2.42. The normalized spacial score (nSPS) is 10.6. The van der Waals surface area contributed by atoms with Crippen LogP contribution in [-0.2, 0) is 0 Å². The van der Waals surface area contributed by atoms with Gasteiger partial charge in [0.25, 0.3) is 0 Å². The second kappa shape index (κ2) is 2.58. The number of rotatable bonds is 1. The number of anilines is 1. The van der Waals surface area contributed by atoms with Gasteiger partial charge in [-0.15, -0.1) is 0 Å². The number of hydrogen-bond donors (Lipinski definition) is 2. The Kier molecular flexibility index (Phi) is 1.54. The van der Waals surface area contributed by atoms with Crippen molar-refractivity contribution in [2.45, 2.75) is 0 Å². The van der Waals surface area contributed by atoms with Crippen LogP contribution in [0.4, 0.5) is 5.95 Å². The van der Waals surface area contributed by atoms with Gasteiger partial charge in [0.15, 0.2) is 5.65 Å². The molecular weight excluding hydrogens is 170 g/mol. The van der Waals surface area contributed by atoms with Crippen LogP contribution in [0.15, 0.2) is 11.0 Å². The van der Waals surface area contributed by atoms with Crippen molar-refractivity contribution in [2.24, 2.45) is 0 Å². The van der Waals surface area contributed by atoms with Gasteiger partial charge in [-0.05, 0) is 0 Å². The van der Waals surface area contributed by atoms with Gasteiger partial charge in [0.1, 0.15) is 5.52 Å². The SMILES string of the molecule is CN(C)c1ncc2[nH]c(=O)[nH]c2n1. The lowest BCUT2D eigenvalue weighted by molar-refractivity contribution is 1.01. The van der Waals surface area contributed by atoms with Gasteiger partial charge in [0, 0.05) is 14.1 Å². The minimum absolute atomic E-state index is 0.264. The number of aromatic amines is 2. The van der Waals surface area contributed by atoms with Crippen molar-refractivity contribution in [3.05, 3.63) is 16.7 Å². The largest absolute Gasteiger partial charge is 0.347 e. The van der Waals surface area contributed by atoms with E-state index in [9.17, 15) is 4.79 Å². The molecule has 2 heterocycles. The first kappa shape index (κ1) is 7.78. The molecule has 0 aliphatic rings. The van der Waals surface area contributed by atoms with Gasteiger partial charge in [0.2, 0.25) is 5.95 Å². The minimum atomic E-state index is -0.264. The van der Waals surface area contributed by atoms with Gasteiger partial charge >= 0.3 is 5.69 Å². The highest BCUT2D eigenvalue weighted by Crippen LogP contribution is 2.06. The van der Waals surface area contributed by atoms with Crippen molar-refractivity contribution in [2.75, 3.05) is 19.0 Å². The molecule has 2 N–H and O–H groups in total. The van der Waals surface area contributed by atoms with Crippen LogP contribution >= 0.6 is 0 Å². The fourth-order valence-electron chi connectivity index (χ4n) is 1.04. The van der Waals surface area contributed by atoms with Crippen LogP contribution in [0.1, 0.15) is 0 Å². The molecule has 68 valence electrons. The van der Waals surface area contributed by atoms with E-state index < -0.39 is 0 Å². The zero-order chi connectivity index (χ0) is 9.42. The zero-order valence-corrected chi connectivity index (χ0v) is 7.33. The van der Waals surface area contributed by atoms with Crippen LogP contribution < -0.4 is 10.6 Å². The first-order chi connectivity index (χ1) is 6.16. The predicted molar refractivity (Wildman–Crippen MR) is 48.8 cm³/mol. The Bertz CT molecular complexity index is 483. The van der Waals surface area contributed by atoms with Gasteiger partial charge in [0.05, 0.1) is 6.20 Å². The third kappa shape index (κ3) is 1.26. The number of hydrogen-bond acceptors (Lipinski definition) is 4. The van der Waals surface area contributed by atoms with Crippen LogP contribution in [0.25, 0.3) is 11.2 Å². The summed E-state index contributed by atoms with van der Waals surface area (Å²) in [4.78, 5) is 25.9. The Morgan fingerprint density at radius 2 is 2.15 bits per heavy atom. The Balaban J connectivity index is 2.68. The van der Waals surface area contributed by atoms with Crippen LogP contribution in [0.2, 0.25) is 0 Å². The molecule has 6 nitrogen and oxygen atoms in total. The molecule has 0 saturated heterocycles. The monoisotopic (exact) mass is 179 g/mol. The van der Waals surface area contributed by atoms with E-state index in [-0.39, 0.29) is 5.69 Å². The van der Waals surface area contributed by atoms with E-state index in [1.54, 1.807) is 11.1 Å². The zero-order valence-electron chi connectivity index (χ0n) is 7.33. The fourth-order valence-corrected chi connectivity index (χ4v) is 1.04. The Morgan fingerprint density at radius 1 is 1.38 bits per heavy atom. The van der Waals surface area contributed by atoms with Crippen molar-refractivity contribution in [1.82, 2.24) is 19.9 Å². The lowest BCUT2D eigenvalue weighted by Crippen LogP contribution is -2.12. The highest BCUT2D eigenvalue weighted by Gasteiger charge is 2.03. The van der Waals surface area contributed by atoms with Crippen LogP contribution in [0.3, 0.4) is 0 Å². The molecule has 0 spiro atoms. The van der Waals surface area contributed by atoms with E-state index >= 15 is 0 Å².